The highest BCUT2D eigenvalue weighted by molar-refractivity contribution is 5.36. The number of methoxy groups -OCH3 is 1. The van der Waals surface area contributed by atoms with Gasteiger partial charge in [-0.05, 0) is 49.6 Å². The number of hydrogen-bond donors (Lipinski definition) is 0. The van der Waals surface area contributed by atoms with Crippen LogP contribution in [0, 0.1) is 6.92 Å². The average Bonchev–Trinajstić information content (AvgIpc) is 2.67. The quantitative estimate of drug-likeness (QED) is 0.753. The van der Waals surface area contributed by atoms with E-state index in [2.05, 4.69) is 60.4 Å². The van der Waals surface area contributed by atoms with E-state index in [1.165, 1.54) is 23.1 Å². The maximum Gasteiger partial charge on any atom is 0.118 e. The summed E-state index contributed by atoms with van der Waals surface area (Å²) in [6, 6.07) is 17.5. The molecule has 25 heavy (non-hydrogen) atoms. The first-order valence-electron chi connectivity index (χ1n) is 9.27. The molecule has 0 amide bonds. The largest absolute Gasteiger partial charge is 0.497 e. The molecule has 0 spiro atoms. The van der Waals surface area contributed by atoms with E-state index in [0.717, 1.165) is 45.0 Å². The molecule has 0 saturated carbocycles. The van der Waals surface area contributed by atoms with Gasteiger partial charge >= 0.3 is 0 Å². The molecule has 0 bridgehead atoms. The van der Waals surface area contributed by atoms with E-state index in [1.807, 2.05) is 0 Å². The third kappa shape index (κ3) is 5.07. The predicted octanol–water partition coefficient (Wildman–Crippen LogP) is 4.25. The zero-order valence-corrected chi connectivity index (χ0v) is 15.4. The molecule has 1 unspecified atom stereocenters. The maximum atomic E-state index is 5.45. The highest BCUT2D eigenvalue weighted by Crippen LogP contribution is 2.30. The molecule has 1 saturated heterocycles. The number of ether oxygens (including phenoxy) is 2. The Hall–Kier alpha value is -1.84. The Morgan fingerprint density at radius 3 is 2.16 bits per heavy atom. The lowest BCUT2D eigenvalue weighted by atomic mass is 9.87. The Bertz CT molecular complexity index is 630. The number of aryl methyl sites for hydroxylation is 1. The SMILES string of the molecule is COc1ccc(C(CCCN2CCOCC2)c2ccc(C)cc2)cc1. The van der Waals surface area contributed by atoms with Gasteiger partial charge in [-0.15, -0.1) is 0 Å². The van der Waals surface area contributed by atoms with Crippen molar-refractivity contribution < 1.29 is 9.47 Å². The Morgan fingerprint density at radius 2 is 1.56 bits per heavy atom. The summed E-state index contributed by atoms with van der Waals surface area (Å²) in [5, 5.41) is 0. The molecular weight excluding hydrogens is 310 g/mol. The molecule has 0 aliphatic carbocycles. The van der Waals surface area contributed by atoms with Crippen LogP contribution in [0.1, 0.15) is 35.4 Å². The Morgan fingerprint density at radius 1 is 0.960 bits per heavy atom. The van der Waals surface area contributed by atoms with Gasteiger partial charge in [-0.3, -0.25) is 4.90 Å². The van der Waals surface area contributed by atoms with Crippen molar-refractivity contribution in [1.82, 2.24) is 4.90 Å². The summed E-state index contributed by atoms with van der Waals surface area (Å²) >= 11 is 0. The van der Waals surface area contributed by atoms with Crippen LogP contribution in [-0.4, -0.2) is 44.9 Å². The molecular formula is C22H29NO2. The Labute approximate surface area is 151 Å². The predicted molar refractivity (Wildman–Crippen MR) is 103 cm³/mol. The van der Waals surface area contributed by atoms with E-state index in [9.17, 15) is 0 Å². The first kappa shape index (κ1) is 18.0. The van der Waals surface area contributed by atoms with E-state index in [0.29, 0.717) is 5.92 Å². The van der Waals surface area contributed by atoms with Crippen molar-refractivity contribution in [3.63, 3.8) is 0 Å². The molecule has 3 nitrogen and oxygen atoms in total. The topological polar surface area (TPSA) is 21.7 Å². The van der Waals surface area contributed by atoms with Crippen LogP contribution in [0.4, 0.5) is 0 Å². The molecule has 2 aromatic rings. The van der Waals surface area contributed by atoms with Gasteiger partial charge in [0.25, 0.3) is 0 Å². The van der Waals surface area contributed by atoms with Gasteiger partial charge in [0.1, 0.15) is 5.75 Å². The van der Waals surface area contributed by atoms with Gasteiger partial charge in [0, 0.05) is 19.0 Å². The van der Waals surface area contributed by atoms with Crippen molar-refractivity contribution in [2.24, 2.45) is 0 Å². The highest BCUT2D eigenvalue weighted by Gasteiger charge is 2.16. The molecule has 2 aromatic carbocycles. The van der Waals surface area contributed by atoms with E-state index in [-0.39, 0.29) is 0 Å². The number of hydrogen-bond acceptors (Lipinski definition) is 3. The molecule has 1 heterocycles. The molecule has 134 valence electrons. The molecule has 0 N–H and O–H groups in total. The number of nitrogens with zero attached hydrogens (tertiary/aromatic N) is 1. The summed E-state index contributed by atoms with van der Waals surface area (Å²) in [5.41, 5.74) is 4.08. The van der Waals surface area contributed by atoms with Gasteiger partial charge in [0.05, 0.1) is 20.3 Å². The van der Waals surface area contributed by atoms with Crippen LogP contribution < -0.4 is 4.74 Å². The minimum Gasteiger partial charge on any atom is -0.497 e. The Kier molecular flexibility index (Phi) is 6.48. The van der Waals surface area contributed by atoms with Crippen molar-refractivity contribution in [1.29, 1.82) is 0 Å². The monoisotopic (exact) mass is 339 g/mol. The summed E-state index contributed by atoms with van der Waals surface area (Å²) in [4.78, 5) is 2.52. The number of rotatable bonds is 7. The molecule has 3 rings (SSSR count). The molecule has 1 atom stereocenters. The molecule has 0 aromatic heterocycles. The average molecular weight is 339 g/mol. The molecule has 1 aliphatic heterocycles. The summed E-state index contributed by atoms with van der Waals surface area (Å²) in [6.07, 6.45) is 2.36. The Balaban J connectivity index is 1.70. The van der Waals surface area contributed by atoms with Crippen LogP contribution in [0.3, 0.4) is 0 Å². The molecule has 1 aliphatic rings. The summed E-state index contributed by atoms with van der Waals surface area (Å²) in [6.45, 7) is 7.18. The first-order chi connectivity index (χ1) is 12.3. The van der Waals surface area contributed by atoms with Gasteiger partial charge in [0.2, 0.25) is 0 Å². The van der Waals surface area contributed by atoms with Crippen LogP contribution in [0.2, 0.25) is 0 Å². The highest BCUT2D eigenvalue weighted by atomic mass is 16.5. The third-order valence-electron chi connectivity index (χ3n) is 5.07. The summed E-state index contributed by atoms with van der Waals surface area (Å²) < 4.78 is 10.8. The second kappa shape index (κ2) is 9.02. The smallest absolute Gasteiger partial charge is 0.118 e. The summed E-state index contributed by atoms with van der Waals surface area (Å²) in [5.74, 6) is 1.35. The maximum absolute atomic E-state index is 5.45. The fraction of sp³-hybridized carbons (Fsp3) is 0.455. The molecule has 1 fully saturated rings. The second-order valence-corrected chi connectivity index (χ2v) is 6.83. The van der Waals surface area contributed by atoms with E-state index in [4.69, 9.17) is 9.47 Å². The lowest BCUT2D eigenvalue weighted by molar-refractivity contribution is 0.0371. The van der Waals surface area contributed by atoms with Crippen molar-refractivity contribution in [2.45, 2.75) is 25.7 Å². The van der Waals surface area contributed by atoms with Crippen LogP contribution in [0.15, 0.2) is 48.5 Å². The first-order valence-corrected chi connectivity index (χ1v) is 9.27. The zero-order chi connectivity index (χ0) is 17.5. The van der Waals surface area contributed by atoms with Crippen molar-refractivity contribution in [2.75, 3.05) is 40.0 Å². The van der Waals surface area contributed by atoms with E-state index < -0.39 is 0 Å². The van der Waals surface area contributed by atoms with Crippen molar-refractivity contribution >= 4 is 0 Å². The second-order valence-electron chi connectivity index (χ2n) is 6.83. The van der Waals surface area contributed by atoms with E-state index >= 15 is 0 Å². The fourth-order valence-corrected chi connectivity index (χ4v) is 3.50. The van der Waals surface area contributed by atoms with Crippen LogP contribution in [-0.2, 0) is 4.74 Å². The third-order valence-corrected chi connectivity index (χ3v) is 5.07. The van der Waals surface area contributed by atoms with Crippen molar-refractivity contribution in [3.05, 3.63) is 65.2 Å². The van der Waals surface area contributed by atoms with Gasteiger partial charge in [-0.1, -0.05) is 42.0 Å². The van der Waals surface area contributed by atoms with E-state index in [1.54, 1.807) is 7.11 Å². The minimum atomic E-state index is 0.438. The van der Waals surface area contributed by atoms with Crippen LogP contribution in [0.5, 0.6) is 5.75 Å². The van der Waals surface area contributed by atoms with Gasteiger partial charge < -0.3 is 9.47 Å². The minimum absolute atomic E-state index is 0.438. The van der Waals surface area contributed by atoms with Crippen LogP contribution in [0.25, 0.3) is 0 Å². The van der Waals surface area contributed by atoms with Gasteiger partial charge in [-0.2, -0.15) is 0 Å². The van der Waals surface area contributed by atoms with Crippen LogP contribution >= 0.6 is 0 Å². The zero-order valence-electron chi connectivity index (χ0n) is 15.4. The fourth-order valence-electron chi connectivity index (χ4n) is 3.50. The molecule has 0 radical (unpaired) electrons. The lowest BCUT2D eigenvalue weighted by Crippen LogP contribution is -2.36. The van der Waals surface area contributed by atoms with Crippen molar-refractivity contribution in [3.8, 4) is 5.75 Å². The normalized spacial score (nSPS) is 16.6. The molecule has 3 heteroatoms. The lowest BCUT2D eigenvalue weighted by Gasteiger charge is -2.27. The summed E-state index contributed by atoms with van der Waals surface area (Å²) in [7, 11) is 1.72. The van der Waals surface area contributed by atoms with Gasteiger partial charge in [-0.25, -0.2) is 0 Å². The standard InChI is InChI=1S/C22H29NO2/c1-18-5-7-19(8-6-18)22(20-9-11-21(24-2)12-10-20)4-3-13-23-14-16-25-17-15-23/h5-12,22H,3-4,13-17H2,1-2H3. The van der Waals surface area contributed by atoms with Gasteiger partial charge in [0.15, 0.2) is 0 Å². The number of benzene rings is 2. The number of morpholine rings is 1.